The molecule has 8 heteroatoms. The molecule has 0 aliphatic carbocycles. The summed E-state index contributed by atoms with van der Waals surface area (Å²) in [5.41, 5.74) is 0. The normalized spacial score (nSPS) is 11.9. The third-order valence-corrected chi connectivity index (χ3v) is 4.25. The van der Waals surface area contributed by atoms with E-state index < -0.39 is 10.0 Å². The summed E-state index contributed by atoms with van der Waals surface area (Å²) >= 11 is 0. The van der Waals surface area contributed by atoms with Crippen LogP contribution in [0.4, 0.5) is 0 Å². The van der Waals surface area contributed by atoms with Gasteiger partial charge in [-0.2, -0.15) is 0 Å². The Kier molecular flexibility index (Phi) is 15.0. The van der Waals surface area contributed by atoms with Gasteiger partial charge >= 0.3 is 0 Å². The van der Waals surface area contributed by atoms with Crippen LogP contribution in [0.2, 0.25) is 0 Å². The molecule has 0 unspecified atom stereocenters. The maximum Gasteiger partial charge on any atom is 0.211 e. The van der Waals surface area contributed by atoms with Gasteiger partial charge in [-0.1, -0.05) is 13.3 Å². The predicted molar refractivity (Wildman–Crippen MR) is 101 cm³/mol. The van der Waals surface area contributed by atoms with Crippen LogP contribution in [-0.2, 0) is 10.0 Å². The average molecular weight is 434 g/mol. The third kappa shape index (κ3) is 12.2. The van der Waals surface area contributed by atoms with Gasteiger partial charge in [0.25, 0.3) is 0 Å². The topological polar surface area (TPSA) is 73.8 Å². The Bertz CT molecular complexity index is 374. The number of aliphatic imine (C=N–C) groups is 1. The molecular formula is C13H31IN4O2S. The molecule has 128 valence electrons. The van der Waals surface area contributed by atoms with Crippen molar-refractivity contribution in [3.05, 3.63) is 0 Å². The van der Waals surface area contributed by atoms with E-state index in [2.05, 4.69) is 26.9 Å². The Hall–Kier alpha value is -0.0900. The van der Waals surface area contributed by atoms with Gasteiger partial charge in [0.05, 0.1) is 5.75 Å². The lowest BCUT2D eigenvalue weighted by Gasteiger charge is -2.21. The van der Waals surface area contributed by atoms with Crippen molar-refractivity contribution in [1.29, 1.82) is 0 Å². The van der Waals surface area contributed by atoms with Crippen LogP contribution in [0.15, 0.2) is 4.99 Å². The van der Waals surface area contributed by atoms with Crippen LogP contribution in [0.1, 0.15) is 40.0 Å². The Balaban J connectivity index is 0. The fraction of sp³-hybridized carbons (Fsp3) is 0.923. The molecule has 0 fully saturated rings. The Labute approximate surface area is 147 Å². The molecule has 0 heterocycles. The highest BCUT2D eigenvalue weighted by molar-refractivity contribution is 14.0. The smallest absolute Gasteiger partial charge is 0.211 e. The van der Waals surface area contributed by atoms with Crippen LogP contribution in [0.5, 0.6) is 0 Å². The summed E-state index contributed by atoms with van der Waals surface area (Å²) in [6.07, 6.45) is 3.00. The second kappa shape index (κ2) is 13.6. The maximum atomic E-state index is 11.3. The number of sulfonamides is 1. The van der Waals surface area contributed by atoms with E-state index in [1.54, 1.807) is 6.92 Å². The number of nitrogens with one attached hydrogen (secondary N) is 2. The summed E-state index contributed by atoms with van der Waals surface area (Å²) in [7, 11) is -1.06. The molecule has 2 N–H and O–H groups in total. The second-order valence-electron chi connectivity index (χ2n) is 4.66. The second-order valence-corrected chi connectivity index (χ2v) is 6.76. The number of halogens is 1. The molecule has 0 aromatic rings. The summed E-state index contributed by atoms with van der Waals surface area (Å²) in [4.78, 5) is 6.62. The molecule has 0 bridgehead atoms. The van der Waals surface area contributed by atoms with Crippen LogP contribution in [0.25, 0.3) is 0 Å². The fourth-order valence-electron chi connectivity index (χ4n) is 1.56. The molecule has 0 rings (SSSR count). The van der Waals surface area contributed by atoms with E-state index in [-0.39, 0.29) is 29.7 Å². The van der Waals surface area contributed by atoms with Gasteiger partial charge in [0.15, 0.2) is 5.96 Å². The molecule has 0 aliphatic heterocycles. The Morgan fingerprint density at radius 1 is 1.19 bits per heavy atom. The van der Waals surface area contributed by atoms with Crippen molar-refractivity contribution in [2.24, 2.45) is 4.99 Å². The van der Waals surface area contributed by atoms with Crippen molar-refractivity contribution >= 4 is 40.0 Å². The predicted octanol–water partition coefficient (Wildman–Crippen LogP) is 1.63. The number of hydrogen-bond donors (Lipinski definition) is 2. The first-order valence-electron chi connectivity index (χ1n) is 7.43. The SMILES string of the molecule is CCCCN(C)C(=NCCCNS(=O)(=O)CC)NCC.I. The van der Waals surface area contributed by atoms with Crippen LogP contribution < -0.4 is 10.0 Å². The molecule has 0 saturated heterocycles. The molecule has 0 atom stereocenters. The summed E-state index contributed by atoms with van der Waals surface area (Å²) in [6, 6.07) is 0. The first kappa shape index (κ1) is 23.2. The lowest BCUT2D eigenvalue weighted by Crippen LogP contribution is -2.39. The monoisotopic (exact) mass is 434 g/mol. The van der Waals surface area contributed by atoms with Gasteiger partial charge in [-0.25, -0.2) is 13.1 Å². The quantitative estimate of drug-likeness (QED) is 0.237. The van der Waals surface area contributed by atoms with E-state index in [1.165, 1.54) is 0 Å². The van der Waals surface area contributed by atoms with Crippen molar-refractivity contribution in [2.75, 3.05) is 39.0 Å². The summed E-state index contributed by atoms with van der Waals surface area (Å²) < 4.78 is 25.1. The van der Waals surface area contributed by atoms with Crippen LogP contribution in [-0.4, -0.2) is 58.3 Å². The van der Waals surface area contributed by atoms with E-state index in [0.717, 1.165) is 31.9 Å². The highest BCUT2D eigenvalue weighted by atomic mass is 127. The molecule has 6 nitrogen and oxygen atoms in total. The van der Waals surface area contributed by atoms with E-state index in [1.807, 2.05) is 14.0 Å². The number of nitrogens with zero attached hydrogens (tertiary/aromatic N) is 2. The minimum Gasteiger partial charge on any atom is -0.357 e. The highest BCUT2D eigenvalue weighted by Gasteiger charge is 2.06. The first-order valence-corrected chi connectivity index (χ1v) is 9.08. The van der Waals surface area contributed by atoms with Crippen LogP contribution in [0.3, 0.4) is 0 Å². The number of unbranched alkanes of at least 4 members (excludes halogenated alkanes) is 1. The van der Waals surface area contributed by atoms with Crippen molar-refractivity contribution in [3.8, 4) is 0 Å². The van der Waals surface area contributed by atoms with Gasteiger partial charge in [-0.3, -0.25) is 4.99 Å². The average Bonchev–Trinajstić information content (AvgIpc) is 2.43. The minimum atomic E-state index is -3.08. The standard InChI is InChI=1S/C13H30N4O2S.HI/c1-5-8-12-17(4)13(14-6-2)15-10-9-11-16-20(18,19)7-3;/h16H,5-12H2,1-4H3,(H,14,15);1H. The fourth-order valence-corrected chi connectivity index (χ4v) is 2.22. The molecular weight excluding hydrogens is 403 g/mol. The summed E-state index contributed by atoms with van der Waals surface area (Å²) in [5.74, 6) is 1.01. The van der Waals surface area contributed by atoms with Gasteiger partial charge in [0.1, 0.15) is 0 Å². The molecule has 0 aromatic heterocycles. The van der Waals surface area contributed by atoms with E-state index >= 15 is 0 Å². The van der Waals surface area contributed by atoms with E-state index in [0.29, 0.717) is 19.5 Å². The molecule has 0 radical (unpaired) electrons. The third-order valence-electron chi connectivity index (χ3n) is 2.84. The van der Waals surface area contributed by atoms with Crippen LogP contribution in [0, 0.1) is 0 Å². The Morgan fingerprint density at radius 2 is 1.86 bits per heavy atom. The molecule has 0 aromatic carbocycles. The molecule has 21 heavy (non-hydrogen) atoms. The number of hydrogen-bond acceptors (Lipinski definition) is 3. The molecule has 0 spiro atoms. The largest absolute Gasteiger partial charge is 0.357 e. The minimum absolute atomic E-state index is 0. The zero-order valence-corrected chi connectivity index (χ0v) is 16.8. The van der Waals surface area contributed by atoms with Crippen molar-refractivity contribution in [3.63, 3.8) is 0 Å². The zero-order valence-electron chi connectivity index (χ0n) is 13.7. The zero-order chi connectivity index (χ0) is 15.4. The summed E-state index contributed by atoms with van der Waals surface area (Å²) in [5, 5.41) is 3.25. The molecule has 0 amide bonds. The Morgan fingerprint density at radius 3 is 2.38 bits per heavy atom. The number of guanidine groups is 1. The van der Waals surface area contributed by atoms with Gasteiger partial charge in [0.2, 0.25) is 10.0 Å². The van der Waals surface area contributed by atoms with Crippen molar-refractivity contribution in [2.45, 2.75) is 40.0 Å². The molecule has 0 aliphatic rings. The first-order chi connectivity index (χ1) is 9.46. The van der Waals surface area contributed by atoms with E-state index in [4.69, 9.17) is 0 Å². The van der Waals surface area contributed by atoms with Gasteiger partial charge < -0.3 is 10.2 Å². The van der Waals surface area contributed by atoms with Gasteiger partial charge in [-0.15, -0.1) is 24.0 Å². The lowest BCUT2D eigenvalue weighted by molar-refractivity contribution is 0.464. The number of rotatable bonds is 10. The van der Waals surface area contributed by atoms with Gasteiger partial charge in [0, 0.05) is 33.2 Å². The highest BCUT2D eigenvalue weighted by Crippen LogP contribution is 1.94. The van der Waals surface area contributed by atoms with E-state index in [9.17, 15) is 8.42 Å². The van der Waals surface area contributed by atoms with Crippen molar-refractivity contribution in [1.82, 2.24) is 14.9 Å². The lowest BCUT2D eigenvalue weighted by atomic mass is 10.3. The van der Waals surface area contributed by atoms with Gasteiger partial charge in [-0.05, 0) is 26.7 Å². The molecule has 0 saturated carbocycles. The summed E-state index contributed by atoms with van der Waals surface area (Å²) in [6.45, 7) is 8.70. The van der Waals surface area contributed by atoms with Crippen molar-refractivity contribution < 1.29 is 8.42 Å². The van der Waals surface area contributed by atoms with Crippen LogP contribution >= 0.6 is 24.0 Å². The maximum absolute atomic E-state index is 11.3.